The lowest BCUT2D eigenvalue weighted by atomic mass is 9.80. The molecule has 2 unspecified atom stereocenters. The molecule has 1 saturated carbocycles. The van der Waals surface area contributed by atoms with Crippen molar-refractivity contribution >= 4 is 5.69 Å². The molecule has 1 fully saturated rings. The second-order valence-electron chi connectivity index (χ2n) is 5.80. The number of hydrogen-bond acceptors (Lipinski definition) is 1. The number of anilines is 1. The van der Waals surface area contributed by atoms with Gasteiger partial charge in [0.25, 0.3) is 0 Å². The molecule has 0 saturated heterocycles. The summed E-state index contributed by atoms with van der Waals surface area (Å²) in [7, 11) is 0. The summed E-state index contributed by atoms with van der Waals surface area (Å²) in [5.41, 5.74) is -0.359. The van der Waals surface area contributed by atoms with Gasteiger partial charge in [0.1, 0.15) is 0 Å². The molecule has 0 amide bonds. The van der Waals surface area contributed by atoms with E-state index >= 15 is 0 Å². The average molecular weight is 271 g/mol. The van der Waals surface area contributed by atoms with Crippen LogP contribution in [0.2, 0.25) is 0 Å². The first-order valence-corrected chi connectivity index (χ1v) is 6.79. The fourth-order valence-corrected chi connectivity index (χ4v) is 3.14. The Bertz CT molecular complexity index is 418. The van der Waals surface area contributed by atoms with Crippen molar-refractivity contribution in [3.63, 3.8) is 0 Å². The highest BCUT2D eigenvalue weighted by molar-refractivity contribution is 5.53. The molecule has 1 aromatic carbocycles. The van der Waals surface area contributed by atoms with E-state index in [1.807, 2.05) is 0 Å². The molecule has 19 heavy (non-hydrogen) atoms. The van der Waals surface area contributed by atoms with Crippen molar-refractivity contribution < 1.29 is 13.2 Å². The predicted octanol–water partition coefficient (Wildman–Crippen LogP) is 4.94. The van der Waals surface area contributed by atoms with Crippen LogP contribution in [0.3, 0.4) is 0 Å². The Morgan fingerprint density at radius 2 is 1.58 bits per heavy atom. The highest BCUT2D eigenvalue weighted by atomic mass is 19.4. The molecule has 1 aliphatic carbocycles. The predicted molar refractivity (Wildman–Crippen MR) is 71.0 cm³/mol. The molecule has 0 heterocycles. The molecule has 1 nitrogen and oxygen atoms in total. The highest BCUT2D eigenvalue weighted by Crippen LogP contribution is 2.37. The number of halogens is 3. The zero-order valence-electron chi connectivity index (χ0n) is 11.3. The zero-order chi connectivity index (χ0) is 14.0. The molecule has 2 rings (SSSR count). The lowest BCUT2D eigenvalue weighted by Gasteiger charge is -2.33. The Morgan fingerprint density at radius 3 is 2.16 bits per heavy atom. The van der Waals surface area contributed by atoms with E-state index in [0.29, 0.717) is 11.8 Å². The summed E-state index contributed by atoms with van der Waals surface area (Å²) in [6, 6.07) is 5.88. The molecule has 0 radical (unpaired) electrons. The minimum atomic E-state index is -4.30. The lowest BCUT2D eigenvalue weighted by Crippen LogP contribution is -2.31. The van der Waals surface area contributed by atoms with Gasteiger partial charge < -0.3 is 5.32 Å². The third kappa shape index (κ3) is 3.64. The van der Waals surface area contributed by atoms with Crippen LogP contribution in [0.4, 0.5) is 18.9 Å². The van der Waals surface area contributed by atoms with E-state index < -0.39 is 11.7 Å². The quantitative estimate of drug-likeness (QED) is 0.803. The van der Waals surface area contributed by atoms with Crippen molar-refractivity contribution in [1.82, 2.24) is 0 Å². The SMILES string of the molecule is CC1CC(C)CC(Nc2ccccc2C(F)(F)F)C1. The summed E-state index contributed by atoms with van der Waals surface area (Å²) >= 11 is 0. The molecule has 1 aliphatic rings. The van der Waals surface area contributed by atoms with Gasteiger partial charge in [0, 0.05) is 11.7 Å². The van der Waals surface area contributed by atoms with Gasteiger partial charge in [0.2, 0.25) is 0 Å². The van der Waals surface area contributed by atoms with Gasteiger partial charge in [-0.3, -0.25) is 0 Å². The van der Waals surface area contributed by atoms with Crippen LogP contribution in [0.25, 0.3) is 0 Å². The molecule has 1 aromatic rings. The molecular weight excluding hydrogens is 251 g/mol. The Morgan fingerprint density at radius 1 is 1.00 bits per heavy atom. The van der Waals surface area contributed by atoms with Gasteiger partial charge in [-0.2, -0.15) is 13.2 Å². The largest absolute Gasteiger partial charge is 0.418 e. The third-order valence-electron chi connectivity index (χ3n) is 3.77. The number of rotatable bonds is 2. The fraction of sp³-hybridized carbons (Fsp3) is 0.600. The minimum absolute atomic E-state index is 0.141. The second-order valence-corrected chi connectivity index (χ2v) is 5.80. The maximum Gasteiger partial charge on any atom is 0.418 e. The Labute approximate surface area is 112 Å². The molecule has 0 aromatic heterocycles. The molecular formula is C15H20F3N. The van der Waals surface area contributed by atoms with Crippen LogP contribution in [0.15, 0.2) is 24.3 Å². The number of para-hydroxylation sites is 1. The first-order valence-electron chi connectivity index (χ1n) is 6.79. The van der Waals surface area contributed by atoms with Crippen LogP contribution in [0.5, 0.6) is 0 Å². The fourth-order valence-electron chi connectivity index (χ4n) is 3.14. The smallest absolute Gasteiger partial charge is 0.382 e. The number of hydrogen-bond donors (Lipinski definition) is 1. The highest BCUT2D eigenvalue weighted by Gasteiger charge is 2.34. The first kappa shape index (κ1) is 14.2. The maximum atomic E-state index is 12.9. The van der Waals surface area contributed by atoms with E-state index in [1.165, 1.54) is 18.6 Å². The molecule has 0 aliphatic heterocycles. The second kappa shape index (κ2) is 5.43. The molecule has 106 valence electrons. The normalized spacial score (nSPS) is 28.2. The van der Waals surface area contributed by atoms with Gasteiger partial charge in [-0.15, -0.1) is 0 Å². The van der Waals surface area contributed by atoms with Crippen molar-refractivity contribution in [2.45, 2.75) is 45.3 Å². The van der Waals surface area contributed by atoms with Gasteiger partial charge in [0.05, 0.1) is 5.56 Å². The van der Waals surface area contributed by atoms with Gasteiger partial charge in [0.15, 0.2) is 0 Å². The Balaban J connectivity index is 2.15. The molecule has 2 atom stereocenters. The van der Waals surface area contributed by atoms with Gasteiger partial charge >= 0.3 is 6.18 Å². The van der Waals surface area contributed by atoms with E-state index in [4.69, 9.17) is 0 Å². The summed E-state index contributed by atoms with van der Waals surface area (Å²) in [6.07, 6.45) is -1.25. The van der Waals surface area contributed by atoms with Crippen LogP contribution in [0.1, 0.15) is 38.7 Å². The number of benzene rings is 1. The van der Waals surface area contributed by atoms with Crippen molar-refractivity contribution in [3.8, 4) is 0 Å². The molecule has 1 N–H and O–H groups in total. The van der Waals surface area contributed by atoms with Crippen molar-refractivity contribution in [2.24, 2.45) is 11.8 Å². The van der Waals surface area contributed by atoms with Crippen LogP contribution in [0, 0.1) is 11.8 Å². The topological polar surface area (TPSA) is 12.0 Å². The van der Waals surface area contributed by atoms with Gasteiger partial charge in [-0.25, -0.2) is 0 Å². The number of nitrogens with one attached hydrogen (secondary N) is 1. The zero-order valence-corrected chi connectivity index (χ0v) is 11.3. The first-order chi connectivity index (χ1) is 8.86. The van der Waals surface area contributed by atoms with Crippen molar-refractivity contribution in [3.05, 3.63) is 29.8 Å². The van der Waals surface area contributed by atoms with Crippen molar-refractivity contribution in [2.75, 3.05) is 5.32 Å². The maximum absolute atomic E-state index is 12.9. The third-order valence-corrected chi connectivity index (χ3v) is 3.77. The Kier molecular flexibility index (Phi) is 4.07. The van der Waals surface area contributed by atoms with E-state index in [1.54, 1.807) is 6.07 Å². The standard InChI is InChI=1S/C15H20F3N/c1-10-7-11(2)9-12(8-10)19-14-6-4-3-5-13(14)15(16,17)18/h3-6,10-12,19H,7-9H2,1-2H3. The van der Waals surface area contributed by atoms with Crippen LogP contribution in [-0.4, -0.2) is 6.04 Å². The summed E-state index contributed by atoms with van der Waals surface area (Å²) < 4.78 is 38.7. The van der Waals surface area contributed by atoms with E-state index in [-0.39, 0.29) is 11.7 Å². The average Bonchev–Trinajstić information content (AvgIpc) is 2.26. The molecule has 0 spiro atoms. The monoisotopic (exact) mass is 271 g/mol. The van der Waals surface area contributed by atoms with E-state index in [0.717, 1.165) is 18.9 Å². The van der Waals surface area contributed by atoms with Crippen LogP contribution in [-0.2, 0) is 6.18 Å². The minimum Gasteiger partial charge on any atom is -0.382 e. The summed E-state index contributed by atoms with van der Waals surface area (Å²) in [6.45, 7) is 4.33. The molecule has 4 heteroatoms. The van der Waals surface area contributed by atoms with Gasteiger partial charge in [-0.1, -0.05) is 26.0 Å². The van der Waals surface area contributed by atoms with E-state index in [2.05, 4.69) is 19.2 Å². The van der Waals surface area contributed by atoms with Crippen LogP contribution >= 0.6 is 0 Å². The molecule has 0 bridgehead atoms. The van der Waals surface area contributed by atoms with Crippen LogP contribution < -0.4 is 5.32 Å². The van der Waals surface area contributed by atoms with Crippen molar-refractivity contribution in [1.29, 1.82) is 0 Å². The Hall–Kier alpha value is -1.19. The summed E-state index contributed by atoms with van der Waals surface area (Å²) in [5, 5.41) is 3.10. The van der Waals surface area contributed by atoms with E-state index in [9.17, 15) is 13.2 Å². The van der Waals surface area contributed by atoms with Gasteiger partial charge in [-0.05, 0) is 43.2 Å². The number of alkyl halides is 3. The lowest BCUT2D eigenvalue weighted by molar-refractivity contribution is -0.137. The summed E-state index contributed by atoms with van der Waals surface area (Å²) in [5.74, 6) is 1.14. The summed E-state index contributed by atoms with van der Waals surface area (Å²) in [4.78, 5) is 0.